The van der Waals surface area contributed by atoms with Gasteiger partial charge in [-0.05, 0) is 61.4 Å². The summed E-state index contributed by atoms with van der Waals surface area (Å²) in [6.45, 7) is 0.513. The molecule has 9 heteroatoms. The van der Waals surface area contributed by atoms with Crippen LogP contribution in [0.25, 0.3) is 0 Å². The van der Waals surface area contributed by atoms with Crippen molar-refractivity contribution in [3.05, 3.63) is 58.6 Å². The second-order valence-corrected chi connectivity index (χ2v) is 9.44. The molecule has 0 saturated carbocycles. The van der Waals surface area contributed by atoms with E-state index < -0.39 is 21.8 Å². The van der Waals surface area contributed by atoms with Crippen molar-refractivity contribution < 1.29 is 18.0 Å². The maximum Gasteiger partial charge on any atom is 0.248 e. The van der Waals surface area contributed by atoms with Gasteiger partial charge in [-0.15, -0.1) is 0 Å². The molecule has 1 unspecified atom stereocenters. The van der Waals surface area contributed by atoms with Gasteiger partial charge in [-0.3, -0.25) is 9.59 Å². The van der Waals surface area contributed by atoms with Crippen LogP contribution in [0.2, 0.25) is 0 Å². The van der Waals surface area contributed by atoms with Gasteiger partial charge in [0.1, 0.15) is 0 Å². The van der Waals surface area contributed by atoms with E-state index in [1.807, 2.05) is 0 Å². The third-order valence-electron chi connectivity index (χ3n) is 4.64. The summed E-state index contributed by atoms with van der Waals surface area (Å²) < 4.78 is 27.9. The summed E-state index contributed by atoms with van der Waals surface area (Å²) in [7, 11) is -3.65. The van der Waals surface area contributed by atoms with E-state index in [1.165, 1.54) is 16.4 Å². The Balaban J connectivity index is 1.69. The summed E-state index contributed by atoms with van der Waals surface area (Å²) in [5, 5.41) is 2.78. The molecule has 1 aliphatic heterocycles. The molecular weight excluding hydrogens is 446 g/mol. The summed E-state index contributed by atoms with van der Waals surface area (Å²) in [6, 6.07) is 12.7. The lowest BCUT2D eigenvalue weighted by Gasteiger charge is -2.31. The van der Waals surface area contributed by atoms with Crippen molar-refractivity contribution in [1.82, 2.24) is 4.31 Å². The Morgan fingerprint density at radius 3 is 2.32 bits per heavy atom. The van der Waals surface area contributed by atoms with E-state index in [-0.39, 0.29) is 17.3 Å². The molecule has 1 fully saturated rings. The molecular formula is C19H20BrN3O4S. The van der Waals surface area contributed by atoms with Crippen LogP contribution in [0.5, 0.6) is 0 Å². The van der Waals surface area contributed by atoms with Gasteiger partial charge >= 0.3 is 0 Å². The summed E-state index contributed by atoms with van der Waals surface area (Å²) >= 11 is 3.29. The lowest BCUT2D eigenvalue weighted by atomic mass is 9.98. The molecule has 2 amide bonds. The van der Waals surface area contributed by atoms with E-state index in [9.17, 15) is 18.0 Å². The first-order chi connectivity index (χ1) is 13.3. The number of nitrogens with one attached hydrogen (secondary N) is 1. The Morgan fingerprint density at radius 1 is 1.07 bits per heavy atom. The van der Waals surface area contributed by atoms with Gasteiger partial charge in [0.05, 0.1) is 10.8 Å². The molecule has 2 aromatic carbocycles. The van der Waals surface area contributed by atoms with Crippen molar-refractivity contribution in [3.63, 3.8) is 0 Å². The van der Waals surface area contributed by atoms with E-state index in [0.29, 0.717) is 30.6 Å². The molecule has 1 atom stereocenters. The predicted octanol–water partition coefficient (Wildman–Crippen LogP) is 2.59. The number of sulfonamides is 1. The molecule has 3 rings (SSSR count). The van der Waals surface area contributed by atoms with Crippen LogP contribution in [0.15, 0.2) is 57.9 Å². The second kappa shape index (κ2) is 8.42. The van der Waals surface area contributed by atoms with E-state index in [0.717, 1.165) is 4.47 Å². The molecule has 0 radical (unpaired) electrons. The maximum absolute atomic E-state index is 12.9. The quantitative estimate of drug-likeness (QED) is 0.706. The highest BCUT2D eigenvalue weighted by molar-refractivity contribution is 9.10. The highest BCUT2D eigenvalue weighted by Crippen LogP contribution is 2.25. The lowest BCUT2D eigenvalue weighted by molar-refractivity contribution is -0.120. The predicted molar refractivity (Wildman–Crippen MR) is 109 cm³/mol. The fraction of sp³-hybridized carbons (Fsp3) is 0.263. The zero-order valence-electron chi connectivity index (χ0n) is 15.0. The summed E-state index contributed by atoms with van der Waals surface area (Å²) in [5.41, 5.74) is 6.08. The number of amides is 2. The summed E-state index contributed by atoms with van der Waals surface area (Å²) in [4.78, 5) is 23.9. The minimum absolute atomic E-state index is 0.129. The van der Waals surface area contributed by atoms with Crippen LogP contribution in [0.3, 0.4) is 0 Å². The maximum atomic E-state index is 12.9. The third kappa shape index (κ3) is 4.60. The van der Waals surface area contributed by atoms with Crippen LogP contribution >= 0.6 is 15.9 Å². The number of piperidine rings is 1. The number of carbonyl (C=O) groups excluding carboxylic acids is 2. The van der Waals surface area contributed by atoms with Gasteiger partial charge < -0.3 is 11.1 Å². The van der Waals surface area contributed by atoms with Crippen LogP contribution in [0.4, 0.5) is 5.69 Å². The highest BCUT2D eigenvalue weighted by Gasteiger charge is 2.33. The second-order valence-electron chi connectivity index (χ2n) is 6.59. The Kier molecular flexibility index (Phi) is 6.17. The van der Waals surface area contributed by atoms with Crippen LogP contribution in [0, 0.1) is 5.92 Å². The number of primary amides is 1. The standard InChI is InChI=1S/C19H20BrN3O4S/c20-15-5-9-17(10-6-15)28(26,27)23-11-1-2-14(12-23)19(25)22-16-7-3-13(4-8-16)18(21)24/h3-10,14H,1-2,11-12H2,(H2,21,24)(H,22,25). The number of halogens is 1. The van der Waals surface area contributed by atoms with Crippen molar-refractivity contribution >= 4 is 43.5 Å². The highest BCUT2D eigenvalue weighted by atomic mass is 79.9. The fourth-order valence-corrected chi connectivity index (χ4v) is 4.88. The number of carbonyl (C=O) groups is 2. The Morgan fingerprint density at radius 2 is 1.71 bits per heavy atom. The number of hydrogen-bond acceptors (Lipinski definition) is 4. The molecule has 1 aliphatic rings. The van der Waals surface area contributed by atoms with Gasteiger partial charge in [-0.1, -0.05) is 15.9 Å². The minimum Gasteiger partial charge on any atom is -0.366 e. The number of nitrogens with two attached hydrogens (primary N) is 1. The Hall–Kier alpha value is -2.23. The molecule has 148 valence electrons. The number of anilines is 1. The van der Waals surface area contributed by atoms with E-state index in [2.05, 4.69) is 21.2 Å². The zero-order chi connectivity index (χ0) is 20.3. The van der Waals surface area contributed by atoms with Crippen LogP contribution in [-0.4, -0.2) is 37.6 Å². The molecule has 0 aromatic heterocycles. The minimum atomic E-state index is -3.65. The van der Waals surface area contributed by atoms with Gasteiger partial charge in [0, 0.05) is 28.8 Å². The molecule has 7 nitrogen and oxygen atoms in total. The van der Waals surface area contributed by atoms with Crippen molar-refractivity contribution in [1.29, 1.82) is 0 Å². The van der Waals surface area contributed by atoms with Crippen molar-refractivity contribution in [2.75, 3.05) is 18.4 Å². The SMILES string of the molecule is NC(=O)c1ccc(NC(=O)C2CCCN(S(=O)(=O)c3ccc(Br)cc3)C2)cc1. The number of benzene rings is 2. The Bertz CT molecular complexity index is 975. The van der Waals surface area contributed by atoms with Gasteiger partial charge in [-0.25, -0.2) is 8.42 Å². The molecule has 1 saturated heterocycles. The first-order valence-electron chi connectivity index (χ1n) is 8.74. The molecule has 0 aliphatic carbocycles. The monoisotopic (exact) mass is 465 g/mol. The van der Waals surface area contributed by atoms with Gasteiger partial charge in [-0.2, -0.15) is 4.31 Å². The zero-order valence-corrected chi connectivity index (χ0v) is 17.4. The summed E-state index contributed by atoms with van der Waals surface area (Å²) in [5.74, 6) is -1.24. The van der Waals surface area contributed by atoms with Crippen molar-refractivity contribution in [2.24, 2.45) is 11.7 Å². The molecule has 2 aromatic rings. The average molecular weight is 466 g/mol. The fourth-order valence-electron chi connectivity index (χ4n) is 3.09. The first kappa shape index (κ1) is 20.5. The molecule has 1 heterocycles. The van der Waals surface area contributed by atoms with E-state index >= 15 is 0 Å². The van der Waals surface area contributed by atoms with Crippen molar-refractivity contribution in [3.8, 4) is 0 Å². The third-order valence-corrected chi connectivity index (χ3v) is 7.05. The molecule has 0 bridgehead atoms. The molecule has 3 N–H and O–H groups in total. The first-order valence-corrected chi connectivity index (χ1v) is 11.0. The van der Waals surface area contributed by atoms with E-state index in [1.54, 1.807) is 36.4 Å². The van der Waals surface area contributed by atoms with Gasteiger partial charge in [0.15, 0.2) is 0 Å². The van der Waals surface area contributed by atoms with Crippen LogP contribution < -0.4 is 11.1 Å². The largest absolute Gasteiger partial charge is 0.366 e. The van der Waals surface area contributed by atoms with E-state index in [4.69, 9.17) is 5.73 Å². The topological polar surface area (TPSA) is 110 Å². The van der Waals surface area contributed by atoms with Crippen LogP contribution in [0.1, 0.15) is 23.2 Å². The van der Waals surface area contributed by atoms with Crippen molar-refractivity contribution in [2.45, 2.75) is 17.7 Å². The lowest BCUT2D eigenvalue weighted by Crippen LogP contribution is -2.43. The normalized spacial score (nSPS) is 17.8. The number of hydrogen-bond donors (Lipinski definition) is 2. The smallest absolute Gasteiger partial charge is 0.248 e. The van der Waals surface area contributed by atoms with Gasteiger partial charge in [0.25, 0.3) is 0 Å². The number of rotatable bonds is 5. The number of nitrogens with zero attached hydrogens (tertiary/aromatic N) is 1. The Labute approximate surface area is 172 Å². The van der Waals surface area contributed by atoms with Gasteiger partial charge in [0.2, 0.25) is 21.8 Å². The van der Waals surface area contributed by atoms with Crippen LogP contribution in [-0.2, 0) is 14.8 Å². The molecule has 28 heavy (non-hydrogen) atoms. The molecule has 0 spiro atoms. The average Bonchev–Trinajstić information content (AvgIpc) is 2.69. The summed E-state index contributed by atoms with van der Waals surface area (Å²) in [6.07, 6.45) is 1.21.